The average Bonchev–Trinajstić information content (AvgIpc) is 3.22. The van der Waals surface area contributed by atoms with Crippen LogP contribution in [-0.2, 0) is 16.7 Å². The van der Waals surface area contributed by atoms with Crippen LogP contribution in [0.15, 0.2) is 48.5 Å². The number of hydrogen-bond donors (Lipinski definition) is 0. The van der Waals surface area contributed by atoms with Crippen molar-refractivity contribution in [2.45, 2.75) is 48.5 Å². The van der Waals surface area contributed by atoms with E-state index in [1.165, 1.54) is 40.3 Å². The van der Waals surface area contributed by atoms with Crippen LogP contribution >= 0.6 is 19.4 Å². The Morgan fingerprint density at radius 2 is 1.29 bits per heavy atom. The number of anilines is 2. The van der Waals surface area contributed by atoms with Crippen LogP contribution in [-0.4, -0.2) is 34.4 Å². The fraction of sp³-hybridized carbons (Fsp3) is 0.323. The molecule has 0 spiro atoms. The Labute approximate surface area is 237 Å². The van der Waals surface area contributed by atoms with Crippen molar-refractivity contribution in [3.05, 3.63) is 87.5 Å². The second kappa shape index (κ2) is 11.4. The van der Waals surface area contributed by atoms with Gasteiger partial charge in [0.25, 0.3) is 0 Å². The van der Waals surface area contributed by atoms with E-state index < -0.39 is 11.9 Å². The minimum absolute atomic E-state index is 0.00575. The molecule has 1 fully saturated rings. The first-order valence-electron chi connectivity index (χ1n) is 12.7. The van der Waals surface area contributed by atoms with E-state index in [0.29, 0.717) is 5.75 Å². The number of ketones is 1. The van der Waals surface area contributed by atoms with Crippen LogP contribution in [0.25, 0.3) is 0 Å². The van der Waals surface area contributed by atoms with Crippen LogP contribution in [0.1, 0.15) is 45.9 Å². The Morgan fingerprint density at radius 3 is 1.74 bits per heavy atom. The van der Waals surface area contributed by atoms with E-state index in [2.05, 4.69) is 75.6 Å². The number of Topliss-reactive ketones (excluding diaryl/α,β-unsaturated/α-hetero) is 1. The fourth-order valence-corrected chi connectivity index (χ4v) is 11.5. The Kier molecular flexibility index (Phi) is 8.62. The van der Waals surface area contributed by atoms with Crippen LogP contribution in [0, 0.1) is 41.5 Å². The Balaban J connectivity index is 2.01. The minimum atomic E-state index is -3.71. The number of carbonyl (C=O) groups excluding carboxylic acids is 1. The second-order valence-corrected chi connectivity index (χ2v) is 19.4. The number of ether oxygens (including phenoxy) is 1. The first-order chi connectivity index (χ1) is 17.9. The fourth-order valence-electron chi connectivity index (χ4n) is 5.44. The normalized spacial score (nSPS) is 14.2. The number of aryl methyl sites for hydroxylation is 6. The Bertz CT molecular complexity index is 1420. The van der Waals surface area contributed by atoms with E-state index >= 15 is 0 Å². The predicted octanol–water partition coefficient (Wildman–Crippen LogP) is 7.23. The topological polar surface area (TPSA) is 32.8 Å². The molecular formula is C31H36Cl2N2O2Ru. The van der Waals surface area contributed by atoms with Gasteiger partial charge in [0.2, 0.25) is 0 Å². The standard InChI is InChI=1S/C21H26N2.C10H10O2.2ClH.Ru/c1-14-9-16(3)20(17(4)10-14)22-7-8-23(13-22)21-18(5)11-15(2)12-19(21)6;1-8-5-3-4-6-10(8)12-7-9(2)11;;;/h9-12H,7-8H2,1-6H3;1,3-6H,7H2,2H3;2*1H;/q;;;;+2/p-2. The molecule has 4 rings (SSSR count). The number of nitrogens with zero attached hydrogens (tertiary/aromatic N) is 2. The summed E-state index contributed by atoms with van der Waals surface area (Å²) in [7, 11) is 15.0. The number of carbonyl (C=O) groups is 1. The molecule has 7 heteroatoms. The van der Waals surface area contributed by atoms with E-state index in [4.69, 9.17) is 24.1 Å². The van der Waals surface area contributed by atoms with Crippen LogP contribution in [0.2, 0.25) is 0 Å². The number of benzene rings is 3. The third-order valence-electron chi connectivity index (χ3n) is 6.59. The molecule has 1 aliphatic heterocycles. The summed E-state index contributed by atoms with van der Waals surface area (Å²) in [6, 6.07) is 16.5. The van der Waals surface area contributed by atoms with Crippen LogP contribution in [0.5, 0.6) is 5.75 Å². The van der Waals surface area contributed by atoms with Gasteiger partial charge in [-0.15, -0.1) is 0 Å². The monoisotopic (exact) mass is 640 g/mol. The summed E-state index contributed by atoms with van der Waals surface area (Å²) in [4.78, 5) is 16.3. The Morgan fingerprint density at radius 1 is 0.842 bits per heavy atom. The predicted molar refractivity (Wildman–Crippen MR) is 160 cm³/mol. The molecule has 204 valence electrons. The molecule has 3 aromatic rings. The SMILES string of the molecule is CC(=O)COc1ccccc1[CH]=[Ru]([Cl])([Cl])=[C]1N(c2c(C)cc(C)cc2C)CCN1c1c(C)cc(C)cc1C. The molecule has 1 aliphatic rings. The molecule has 0 atom stereocenters. The van der Waals surface area contributed by atoms with E-state index in [1.807, 2.05) is 28.9 Å². The summed E-state index contributed by atoms with van der Waals surface area (Å²) in [6.07, 6.45) is 0. The van der Waals surface area contributed by atoms with Gasteiger partial charge in [0, 0.05) is 0 Å². The van der Waals surface area contributed by atoms with Crippen molar-refractivity contribution in [3.8, 4) is 5.75 Å². The summed E-state index contributed by atoms with van der Waals surface area (Å²) in [5, 5.41) is 0. The first-order valence-corrected chi connectivity index (χ1v) is 19.0. The van der Waals surface area contributed by atoms with Crippen molar-refractivity contribution in [1.82, 2.24) is 0 Å². The molecule has 0 aromatic heterocycles. The van der Waals surface area contributed by atoms with Crippen molar-refractivity contribution < 1.29 is 21.4 Å². The van der Waals surface area contributed by atoms with Gasteiger partial charge in [-0.25, -0.2) is 0 Å². The second-order valence-electron chi connectivity index (χ2n) is 10.1. The first kappa shape index (κ1) is 28.7. The van der Waals surface area contributed by atoms with Crippen molar-refractivity contribution >= 4 is 45.5 Å². The maximum absolute atomic E-state index is 11.6. The van der Waals surface area contributed by atoms with E-state index in [1.54, 1.807) is 0 Å². The van der Waals surface area contributed by atoms with Gasteiger partial charge in [-0.3, -0.25) is 0 Å². The van der Waals surface area contributed by atoms with E-state index in [9.17, 15) is 4.79 Å². The van der Waals surface area contributed by atoms with Crippen LogP contribution in [0.4, 0.5) is 11.4 Å². The van der Waals surface area contributed by atoms with Crippen molar-refractivity contribution in [3.63, 3.8) is 0 Å². The molecule has 0 aliphatic carbocycles. The molecule has 38 heavy (non-hydrogen) atoms. The van der Waals surface area contributed by atoms with Crippen molar-refractivity contribution in [2.75, 3.05) is 29.5 Å². The number of rotatable bonds is 6. The van der Waals surface area contributed by atoms with E-state index in [-0.39, 0.29) is 12.4 Å². The van der Waals surface area contributed by atoms with Gasteiger partial charge in [-0.2, -0.15) is 0 Å². The Hall–Kier alpha value is -2.33. The third kappa shape index (κ3) is 5.96. The zero-order valence-electron chi connectivity index (χ0n) is 23.1. The van der Waals surface area contributed by atoms with Gasteiger partial charge < -0.3 is 0 Å². The summed E-state index contributed by atoms with van der Waals surface area (Å²) in [5.74, 6) is 0.567. The molecule has 4 nitrogen and oxygen atoms in total. The van der Waals surface area contributed by atoms with Gasteiger partial charge in [0.15, 0.2) is 0 Å². The van der Waals surface area contributed by atoms with Crippen LogP contribution in [0.3, 0.4) is 0 Å². The zero-order valence-corrected chi connectivity index (χ0v) is 26.4. The van der Waals surface area contributed by atoms with Crippen molar-refractivity contribution in [1.29, 1.82) is 0 Å². The molecule has 0 radical (unpaired) electrons. The van der Waals surface area contributed by atoms with E-state index in [0.717, 1.165) is 34.4 Å². The molecule has 1 saturated heterocycles. The molecule has 0 bridgehead atoms. The van der Waals surface area contributed by atoms with Gasteiger partial charge in [-0.05, 0) is 0 Å². The summed E-state index contributed by atoms with van der Waals surface area (Å²) in [5.41, 5.74) is 10.4. The van der Waals surface area contributed by atoms with Crippen LogP contribution < -0.4 is 14.5 Å². The number of halogens is 2. The van der Waals surface area contributed by atoms with Gasteiger partial charge in [0.05, 0.1) is 0 Å². The molecule has 0 saturated carbocycles. The van der Waals surface area contributed by atoms with Gasteiger partial charge in [-0.1, -0.05) is 0 Å². The molecule has 1 heterocycles. The summed E-state index contributed by atoms with van der Waals surface area (Å²) < 4.78 is 8.77. The molecule has 0 unspecified atom stereocenters. The molecule has 3 aromatic carbocycles. The van der Waals surface area contributed by atoms with Gasteiger partial charge >= 0.3 is 238 Å². The molecular weight excluding hydrogens is 604 g/mol. The molecule has 0 N–H and O–H groups in total. The van der Waals surface area contributed by atoms with Crippen molar-refractivity contribution in [2.24, 2.45) is 0 Å². The third-order valence-corrected chi connectivity index (χ3v) is 12.1. The molecule has 0 amide bonds. The quantitative estimate of drug-likeness (QED) is 0.266. The summed E-state index contributed by atoms with van der Waals surface area (Å²) in [6.45, 7) is 16.0. The number of para-hydroxylation sites is 1. The summed E-state index contributed by atoms with van der Waals surface area (Å²) >= 11 is -3.71. The maximum atomic E-state index is 11.6. The zero-order chi connectivity index (χ0) is 27.8. The number of hydrogen-bond acceptors (Lipinski definition) is 4. The average molecular weight is 641 g/mol. The van der Waals surface area contributed by atoms with Gasteiger partial charge in [0.1, 0.15) is 0 Å².